The van der Waals surface area contributed by atoms with Crippen LogP contribution in [0.15, 0.2) is 84.1 Å². The van der Waals surface area contributed by atoms with E-state index in [1.54, 1.807) is 11.8 Å². The molecule has 8 aliphatic rings. The van der Waals surface area contributed by atoms with Gasteiger partial charge in [0.1, 0.15) is 0 Å². The van der Waals surface area contributed by atoms with Crippen molar-refractivity contribution in [1.29, 1.82) is 5.41 Å². The number of nitrogens with one attached hydrogen (secondary N) is 1. The van der Waals surface area contributed by atoms with Gasteiger partial charge in [-0.25, -0.2) is 0 Å². The summed E-state index contributed by atoms with van der Waals surface area (Å²) >= 11 is 0. The first-order chi connectivity index (χ1) is 29.8. The van der Waals surface area contributed by atoms with Gasteiger partial charge in [-0.05, 0) is 211 Å². The Morgan fingerprint density at radius 1 is 0.689 bits per heavy atom. The molecule has 17 unspecified atom stereocenters. The molecule has 0 aromatic heterocycles. The monoisotopic (exact) mass is 827 g/mol. The van der Waals surface area contributed by atoms with Gasteiger partial charge in [0, 0.05) is 23.9 Å². The van der Waals surface area contributed by atoms with Crippen LogP contribution in [0.4, 0.5) is 0 Å². The maximum absolute atomic E-state index is 8.35. The van der Waals surface area contributed by atoms with Crippen LogP contribution in [0.2, 0.25) is 0 Å². The SMILES string of the molecule is CCCC(C=N)C1C=CC(C(C)C2CCCCC2C(C)C(C)CCC(C2CCC(C3=CCCCC3)C3CCC=CC32)C(C)N(C)[C@H]2C=CC=C3C=CCCC32)C2CCC=CC12. The van der Waals surface area contributed by atoms with Crippen molar-refractivity contribution in [2.45, 2.75) is 175 Å². The Bertz CT molecular complexity index is 1650. The van der Waals surface area contributed by atoms with E-state index in [1.807, 2.05) is 5.57 Å². The summed E-state index contributed by atoms with van der Waals surface area (Å²) in [5.74, 6) is 11.5. The number of allylic oxidation sites excluding steroid dienone is 12. The van der Waals surface area contributed by atoms with Gasteiger partial charge in [0.15, 0.2) is 0 Å². The molecule has 336 valence electrons. The predicted octanol–water partition coefficient (Wildman–Crippen LogP) is 15.8. The first-order valence-corrected chi connectivity index (χ1v) is 26.8. The Labute approximate surface area is 375 Å². The molecule has 0 aromatic carbocycles. The van der Waals surface area contributed by atoms with Gasteiger partial charge in [0.05, 0.1) is 0 Å². The lowest BCUT2D eigenvalue weighted by Gasteiger charge is -2.51. The van der Waals surface area contributed by atoms with Crippen LogP contribution in [0.1, 0.15) is 163 Å². The topological polar surface area (TPSA) is 27.1 Å². The van der Waals surface area contributed by atoms with Crippen LogP contribution < -0.4 is 0 Å². The molecule has 1 N–H and O–H groups in total. The molecule has 61 heavy (non-hydrogen) atoms. The van der Waals surface area contributed by atoms with E-state index in [0.717, 1.165) is 71.5 Å². The van der Waals surface area contributed by atoms with E-state index in [-0.39, 0.29) is 0 Å². The summed E-state index contributed by atoms with van der Waals surface area (Å²) in [7, 11) is 2.52. The van der Waals surface area contributed by atoms with Gasteiger partial charge >= 0.3 is 0 Å². The van der Waals surface area contributed by atoms with Crippen LogP contribution in [0.25, 0.3) is 0 Å². The largest absolute Gasteiger partial charge is 0.313 e. The molecule has 0 aromatic rings. The smallest absolute Gasteiger partial charge is 0.0349 e. The minimum atomic E-state index is 0.393. The standard InChI is InChI=1S/C59H90N2/c1-7-20-46(39-60)52-36-35-49(54-28-15-16-30-56(52)54)42(4)48-26-14-13-25-47(48)41(3)40(2)33-34-50(43(5)61(6)59-32-19-24-45-23-11-12-27-53(45)59)58-38-37-51(44-21-9-8-10-22-44)55-29-17-18-31-57(55)58/h11,16,18-19,21,23-24,30-32,35-36,39-43,46-60H,7-10,12-15,17,20,22,25-29,33-34,37-38H2,1-6H3/t40?,41?,42?,43?,46?,47?,48?,49?,50?,51?,52?,53?,54?,55?,56?,57?,58?,59-/m0/s1. The van der Waals surface area contributed by atoms with Crippen molar-refractivity contribution in [2.24, 2.45) is 94.7 Å². The number of hydrogen-bond acceptors (Lipinski definition) is 2. The fourth-order valence-corrected chi connectivity index (χ4v) is 16.2. The van der Waals surface area contributed by atoms with Crippen molar-refractivity contribution in [2.75, 3.05) is 7.05 Å². The molecule has 0 bridgehead atoms. The Balaban J connectivity index is 1.00. The molecule has 8 rings (SSSR count). The highest BCUT2D eigenvalue weighted by molar-refractivity contribution is 5.58. The van der Waals surface area contributed by atoms with Crippen molar-refractivity contribution >= 4 is 6.21 Å². The molecule has 2 fully saturated rings. The highest BCUT2D eigenvalue weighted by Gasteiger charge is 2.47. The van der Waals surface area contributed by atoms with Crippen LogP contribution in [-0.2, 0) is 0 Å². The fraction of sp³-hybridized carbons (Fsp3) is 0.746. The van der Waals surface area contributed by atoms with Crippen molar-refractivity contribution in [3.05, 3.63) is 84.1 Å². The molecular formula is C59H90N2. The van der Waals surface area contributed by atoms with Crippen LogP contribution >= 0.6 is 0 Å². The number of rotatable bonds is 16. The number of fused-ring (bicyclic) bond motifs is 3. The summed E-state index contributed by atoms with van der Waals surface area (Å²) in [4.78, 5) is 2.88. The molecule has 0 amide bonds. The lowest BCUT2D eigenvalue weighted by Crippen LogP contribution is -2.50. The van der Waals surface area contributed by atoms with Gasteiger partial charge in [-0.1, -0.05) is 132 Å². The van der Waals surface area contributed by atoms with Crippen molar-refractivity contribution < 1.29 is 0 Å². The maximum Gasteiger partial charge on any atom is 0.0349 e. The van der Waals surface area contributed by atoms with E-state index in [1.165, 1.54) is 122 Å². The summed E-state index contributed by atoms with van der Waals surface area (Å²) in [5, 5.41) is 8.35. The van der Waals surface area contributed by atoms with Crippen LogP contribution in [0, 0.1) is 100 Å². The first-order valence-electron chi connectivity index (χ1n) is 26.8. The highest BCUT2D eigenvalue weighted by atomic mass is 15.2. The average molecular weight is 827 g/mol. The fourth-order valence-electron chi connectivity index (χ4n) is 16.2. The zero-order valence-electron chi connectivity index (χ0n) is 40.0. The number of hydrogen-bond donors (Lipinski definition) is 1. The average Bonchev–Trinajstić information content (AvgIpc) is 3.32. The normalized spacial score (nSPS) is 38.9. The van der Waals surface area contributed by atoms with E-state index in [9.17, 15) is 0 Å². The molecule has 0 heterocycles. The van der Waals surface area contributed by atoms with Gasteiger partial charge in [0.25, 0.3) is 0 Å². The number of likely N-dealkylation sites (N-methyl/N-ethyl adjacent to an activating group) is 1. The minimum absolute atomic E-state index is 0.393. The van der Waals surface area contributed by atoms with E-state index < -0.39 is 0 Å². The van der Waals surface area contributed by atoms with E-state index in [2.05, 4.69) is 119 Å². The molecule has 18 atom stereocenters. The Morgan fingerprint density at radius 3 is 2.21 bits per heavy atom. The molecule has 0 aliphatic heterocycles. The molecule has 8 aliphatic carbocycles. The van der Waals surface area contributed by atoms with Crippen molar-refractivity contribution in [1.82, 2.24) is 4.90 Å². The number of nitrogens with zero attached hydrogens (tertiary/aromatic N) is 1. The lowest BCUT2D eigenvalue weighted by molar-refractivity contribution is 0.0186. The highest BCUT2D eigenvalue weighted by Crippen LogP contribution is 2.55. The van der Waals surface area contributed by atoms with Gasteiger partial charge in [-0.3, -0.25) is 4.90 Å². The van der Waals surface area contributed by atoms with E-state index in [4.69, 9.17) is 5.41 Å². The van der Waals surface area contributed by atoms with Crippen molar-refractivity contribution in [3.63, 3.8) is 0 Å². The van der Waals surface area contributed by atoms with E-state index >= 15 is 0 Å². The van der Waals surface area contributed by atoms with Crippen LogP contribution in [0.5, 0.6) is 0 Å². The van der Waals surface area contributed by atoms with Gasteiger partial charge in [-0.2, -0.15) is 0 Å². The van der Waals surface area contributed by atoms with Crippen LogP contribution in [0.3, 0.4) is 0 Å². The molecule has 0 saturated heterocycles. The Morgan fingerprint density at radius 2 is 1.44 bits per heavy atom. The molecule has 2 nitrogen and oxygen atoms in total. The summed E-state index contributed by atoms with van der Waals surface area (Å²) in [6.45, 7) is 13.1. The van der Waals surface area contributed by atoms with E-state index in [0.29, 0.717) is 41.7 Å². The summed E-state index contributed by atoms with van der Waals surface area (Å²) in [6, 6.07) is 1.08. The van der Waals surface area contributed by atoms with Crippen LogP contribution in [-0.4, -0.2) is 30.2 Å². The second-order valence-corrected chi connectivity index (χ2v) is 22.6. The quantitative estimate of drug-likeness (QED) is 0.122. The van der Waals surface area contributed by atoms with Gasteiger partial charge < -0.3 is 5.41 Å². The molecule has 2 heteroatoms. The van der Waals surface area contributed by atoms with Crippen molar-refractivity contribution in [3.8, 4) is 0 Å². The minimum Gasteiger partial charge on any atom is -0.313 e. The third kappa shape index (κ3) is 9.76. The first kappa shape index (κ1) is 45.4. The molecular weight excluding hydrogens is 737 g/mol. The zero-order chi connectivity index (χ0) is 42.5. The molecule has 0 radical (unpaired) electrons. The summed E-state index contributed by atoms with van der Waals surface area (Å²) in [6.07, 6.45) is 59.5. The second-order valence-electron chi connectivity index (χ2n) is 22.6. The zero-order valence-corrected chi connectivity index (χ0v) is 40.0. The van der Waals surface area contributed by atoms with Gasteiger partial charge in [0.2, 0.25) is 0 Å². The predicted molar refractivity (Wildman–Crippen MR) is 263 cm³/mol. The summed E-state index contributed by atoms with van der Waals surface area (Å²) in [5.41, 5.74) is 3.43. The Kier molecular flexibility index (Phi) is 15.8. The third-order valence-electron chi connectivity index (χ3n) is 19.8. The van der Waals surface area contributed by atoms with Gasteiger partial charge in [-0.15, -0.1) is 0 Å². The summed E-state index contributed by atoms with van der Waals surface area (Å²) < 4.78 is 0. The lowest BCUT2D eigenvalue weighted by atomic mass is 9.55. The molecule has 0 spiro atoms. The third-order valence-corrected chi connectivity index (χ3v) is 19.8. The second kappa shape index (κ2) is 21.2. The Hall–Kier alpha value is -2.19. The molecule has 2 saturated carbocycles. The maximum atomic E-state index is 8.35.